The van der Waals surface area contributed by atoms with E-state index < -0.39 is 40.5 Å². The largest absolute Gasteiger partial charge is 0.481 e. The molecule has 6 heteroatoms. The fourth-order valence-corrected chi connectivity index (χ4v) is 10.8. The molecule has 0 heterocycles. The lowest BCUT2D eigenvalue weighted by Gasteiger charge is -2.72. The number of carboxylic acids is 1. The van der Waals surface area contributed by atoms with Crippen LogP contribution in [-0.4, -0.2) is 56.4 Å². The summed E-state index contributed by atoms with van der Waals surface area (Å²) in [5, 5.41) is 54.8. The SMILES string of the molecule is C=C1CC[C@]2(C(=O)O)CC[C@]3(C)C(=C[C@@H](O)[C@@H]4[C@@]5(C)C[C@@H](O)[C@H](O)[C@@](C)(CO)[C@@H]5CC[C@]43C)[C@@H]2[C@H]1C. The first-order valence-electron chi connectivity index (χ1n) is 13.9. The molecule has 0 aromatic carbocycles. The zero-order chi connectivity index (χ0) is 26.6. The molecule has 4 fully saturated rings. The number of hydrogen-bond donors (Lipinski definition) is 5. The van der Waals surface area contributed by atoms with Gasteiger partial charge in [0.25, 0.3) is 0 Å². The molecule has 0 unspecified atom stereocenters. The van der Waals surface area contributed by atoms with E-state index in [0.717, 1.165) is 36.8 Å². The number of allylic oxidation sites excluding steroid dienone is 2. The zero-order valence-corrected chi connectivity index (χ0v) is 22.6. The Bertz CT molecular complexity index is 1010. The minimum atomic E-state index is -1.01. The summed E-state index contributed by atoms with van der Waals surface area (Å²) >= 11 is 0. The average molecular weight is 503 g/mol. The van der Waals surface area contributed by atoms with Crippen LogP contribution < -0.4 is 0 Å². The van der Waals surface area contributed by atoms with Crippen molar-refractivity contribution < 1.29 is 30.3 Å². The Kier molecular flexibility index (Phi) is 5.80. The second-order valence-electron chi connectivity index (χ2n) is 14.2. The molecule has 0 spiro atoms. The lowest BCUT2D eigenvalue weighted by Crippen LogP contribution is -2.70. The molecule has 6 nitrogen and oxygen atoms in total. The molecule has 0 aliphatic heterocycles. The molecule has 0 radical (unpaired) electrons. The normalized spacial score (nSPS) is 56.5. The summed E-state index contributed by atoms with van der Waals surface area (Å²) < 4.78 is 0. The molecule has 4 saturated carbocycles. The number of carboxylic acid groups (broad SMARTS) is 1. The summed E-state index contributed by atoms with van der Waals surface area (Å²) in [5.41, 5.74) is -0.575. The Labute approximate surface area is 215 Å². The number of hydrogen-bond acceptors (Lipinski definition) is 5. The highest BCUT2D eigenvalue weighted by Gasteiger charge is 2.72. The van der Waals surface area contributed by atoms with Crippen LogP contribution >= 0.6 is 0 Å². The van der Waals surface area contributed by atoms with Crippen molar-refractivity contribution in [3.63, 3.8) is 0 Å². The van der Waals surface area contributed by atoms with Crippen molar-refractivity contribution in [3.8, 4) is 0 Å². The molecule has 202 valence electrons. The molecule has 0 bridgehead atoms. The van der Waals surface area contributed by atoms with Crippen molar-refractivity contribution in [3.05, 3.63) is 23.8 Å². The van der Waals surface area contributed by atoms with E-state index in [-0.39, 0.29) is 41.1 Å². The molecule has 0 aromatic heterocycles. The monoisotopic (exact) mass is 502 g/mol. The van der Waals surface area contributed by atoms with Gasteiger partial charge in [-0.2, -0.15) is 0 Å². The first-order valence-corrected chi connectivity index (χ1v) is 13.9. The van der Waals surface area contributed by atoms with Crippen LogP contribution in [0, 0.1) is 50.7 Å². The van der Waals surface area contributed by atoms with Crippen LogP contribution in [0.1, 0.15) is 79.6 Å². The third kappa shape index (κ3) is 2.91. The van der Waals surface area contributed by atoms with Crippen molar-refractivity contribution in [2.45, 2.75) is 97.9 Å². The Balaban J connectivity index is 1.67. The quantitative estimate of drug-likeness (QED) is 0.365. The third-order valence-corrected chi connectivity index (χ3v) is 13.0. The number of rotatable bonds is 2. The van der Waals surface area contributed by atoms with E-state index in [1.165, 1.54) is 0 Å². The maximum Gasteiger partial charge on any atom is 0.310 e. The highest BCUT2D eigenvalue weighted by molar-refractivity contribution is 5.77. The van der Waals surface area contributed by atoms with Gasteiger partial charge < -0.3 is 25.5 Å². The molecule has 0 amide bonds. The molecule has 5 aliphatic rings. The molecular formula is C30H46O6. The Morgan fingerprint density at radius 1 is 1.08 bits per heavy atom. The summed E-state index contributed by atoms with van der Waals surface area (Å²) in [6, 6.07) is 0. The van der Waals surface area contributed by atoms with Gasteiger partial charge >= 0.3 is 5.97 Å². The van der Waals surface area contributed by atoms with E-state index in [4.69, 9.17) is 0 Å². The predicted molar refractivity (Wildman–Crippen MR) is 137 cm³/mol. The second kappa shape index (κ2) is 7.91. The van der Waals surface area contributed by atoms with Crippen LogP contribution in [-0.2, 0) is 4.79 Å². The van der Waals surface area contributed by atoms with Crippen LogP contribution in [0.3, 0.4) is 0 Å². The number of aliphatic hydroxyl groups excluding tert-OH is 4. The van der Waals surface area contributed by atoms with Crippen LogP contribution in [0.4, 0.5) is 0 Å². The molecular weight excluding hydrogens is 456 g/mol. The molecule has 0 saturated heterocycles. The minimum absolute atomic E-state index is 0.0318. The van der Waals surface area contributed by atoms with Gasteiger partial charge in [0.15, 0.2) is 0 Å². The van der Waals surface area contributed by atoms with Crippen molar-refractivity contribution in [2.75, 3.05) is 6.61 Å². The summed E-state index contributed by atoms with van der Waals surface area (Å²) in [5.74, 6) is -1.10. The van der Waals surface area contributed by atoms with Crippen LogP contribution in [0.5, 0.6) is 0 Å². The van der Waals surface area contributed by atoms with Crippen molar-refractivity contribution in [1.29, 1.82) is 0 Å². The minimum Gasteiger partial charge on any atom is -0.481 e. The standard InChI is InChI=1S/C30H46O6/c1-16-7-10-30(25(35)36)12-11-28(5)18(22(30)17(16)2)13-19(32)23-26(3)14-20(33)24(34)27(4,15-31)21(26)8-9-29(23,28)6/h13,17,19-24,31-34H,1,7-12,14-15H2,2-6H3,(H,35,36)/t17-,19+,20+,21+,22-,23+,24-,26-,27-,28+,29+,30-/m0/s1. The lowest BCUT2D eigenvalue weighted by molar-refractivity contribution is -0.257. The molecule has 12 atom stereocenters. The van der Waals surface area contributed by atoms with Gasteiger partial charge in [0.05, 0.1) is 30.3 Å². The van der Waals surface area contributed by atoms with Gasteiger partial charge in [-0.3, -0.25) is 4.79 Å². The number of carbonyl (C=O) groups is 1. The van der Waals surface area contributed by atoms with E-state index in [9.17, 15) is 30.3 Å². The Morgan fingerprint density at radius 2 is 1.75 bits per heavy atom. The van der Waals surface area contributed by atoms with Gasteiger partial charge in [0.1, 0.15) is 0 Å². The summed E-state index contributed by atoms with van der Waals surface area (Å²) in [4.78, 5) is 12.8. The first kappa shape index (κ1) is 26.4. The number of fused-ring (bicyclic) bond motifs is 7. The highest BCUT2D eigenvalue weighted by Crippen LogP contribution is 2.75. The van der Waals surface area contributed by atoms with Crippen LogP contribution in [0.15, 0.2) is 23.8 Å². The fraction of sp³-hybridized carbons (Fsp3) is 0.833. The summed E-state index contributed by atoms with van der Waals surface area (Å²) in [6.07, 6.45) is 3.91. The summed E-state index contributed by atoms with van der Waals surface area (Å²) in [6.45, 7) is 14.8. The van der Waals surface area contributed by atoms with Gasteiger partial charge in [-0.15, -0.1) is 0 Å². The van der Waals surface area contributed by atoms with E-state index in [1.807, 2.05) is 13.0 Å². The molecule has 5 N–H and O–H groups in total. The zero-order valence-electron chi connectivity index (χ0n) is 22.6. The van der Waals surface area contributed by atoms with E-state index in [0.29, 0.717) is 19.3 Å². The van der Waals surface area contributed by atoms with E-state index in [2.05, 4.69) is 34.3 Å². The average Bonchev–Trinajstić information content (AvgIpc) is 2.80. The van der Waals surface area contributed by atoms with Gasteiger partial charge in [-0.1, -0.05) is 58.4 Å². The molecule has 5 rings (SSSR count). The van der Waals surface area contributed by atoms with Crippen molar-refractivity contribution in [1.82, 2.24) is 0 Å². The van der Waals surface area contributed by atoms with E-state index >= 15 is 0 Å². The van der Waals surface area contributed by atoms with Crippen LogP contribution in [0.25, 0.3) is 0 Å². The Morgan fingerprint density at radius 3 is 2.36 bits per heavy atom. The smallest absolute Gasteiger partial charge is 0.310 e. The second-order valence-corrected chi connectivity index (χ2v) is 14.2. The van der Waals surface area contributed by atoms with Gasteiger partial charge in [-0.25, -0.2) is 0 Å². The lowest BCUT2D eigenvalue weighted by atomic mass is 9.33. The first-order chi connectivity index (χ1) is 16.6. The molecule has 36 heavy (non-hydrogen) atoms. The van der Waals surface area contributed by atoms with Crippen LogP contribution in [0.2, 0.25) is 0 Å². The molecule has 5 aliphatic carbocycles. The number of aliphatic hydroxyl groups is 4. The van der Waals surface area contributed by atoms with Gasteiger partial charge in [0, 0.05) is 17.3 Å². The molecule has 0 aromatic rings. The Hall–Kier alpha value is -1.21. The highest BCUT2D eigenvalue weighted by atomic mass is 16.4. The summed E-state index contributed by atoms with van der Waals surface area (Å²) in [7, 11) is 0. The maximum absolute atomic E-state index is 12.8. The predicted octanol–water partition coefficient (Wildman–Crippen LogP) is 3.92. The topological polar surface area (TPSA) is 118 Å². The maximum atomic E-state index is 12.8. The fourth-order valence-electron chi connectivity index (χ4n) is 10.8. The van der Waals surface area contributed by atoms with Crippen molar-refractivity contribution >= 4 is 5.97 Å². The van der Waals surface area contributed by atoms with Crippen molar-refractivity contribution in [2.24, 2.45) is 50.7 Å². The van der Waals surface area contributed by atoms with Gasteiger partial charge in [0.2, 0.25) is 0 Å². The number of aliphatic carboxylic acids is 1. The van der Waals surface area contributed by atoms with Gasteiger partial charge in [-0.05, 0) is 73.0 Å². The third-order valence-electron chi connectivity index (χ3n) is 13.0. The van der Waals surface area contributed by atoms with E-state index in [1.54, 1.807) is 0 Å².